The molecule has 5 nitrogen and oxygen atoms in total. The highest BCUT2D eigenvalue weighted by molar-refractivity contribution is 6.33. The normalized spacial score (nSPS) is 10.2. The van der Waals surface area contributed by atoms with Crippen LogP contribution in [0.2, 0.25) is 5.02 Å². The summed E-state index contributed by atoms with van der Waals surface area (Å²) in [5.74, 6) is -0.370. The molecule has 0 aliphatic carbocycles. The Morgan fingerprint density at radius 1 is 1.37 bits per heavy atom. The van der Waals surface area contributed by atoms with E-state index in [0.717, 1.165) is 25.7 Å². The van der Waals surface area contributed by atoms with Gasteiger partial charge in [0.15, 0.2) is 0 Å². The van der Waals surface area contributed by atoms with Crippen LogP contribution in [0.5, 0.6) is 0 Å². The van der Waals surface area contributed by atoms with Gasteiger partial charge in [0.1, 0.15) is 0 Å². The third-order valence-electron chi connectivity index (χ3n) is 2.72. The smallest absolute Gasteiger partial charge is 0.270 e. The molecule has 0 heterocycles. The summed E-state index contributed by atoms with van der Waals surface area (Å²) in [6.07, 6.45) is 4.21. The van der Waals surface area contributed by atoms with Gasteiger partial charge in [-0.25, -0.2) is 0 Å². The fraction of sp³-hybridized carbons (Fsp3) is 0.462. The van der Waals surface area contributed by atoms with Crippen molar-refractivity contribution in [3.63, 3.8) is 0 Å². The van der Waals surface area contributed by atoms with Crippen molar-refractivity contribution in [2.24, 2.45) is 0 Å². The Hall–Kier alpha value is -1.62. The minimum atomic E-state index is -0.547. The molecule has 1 amide bonds. The second-order valence-electron chi connectivity index (χ2n) is 4.24. The maximum absolute atomic E-state index is 11.9. The molecular weight excluding hydrogens is 268 g/mol. The number of benzene rings is 1. The molecule has 0 bridgehead atoms. The van der Waals surface area contributed by atoms with E-state index in [2.05, 4.69) is 12.2 Å². The molecule has 0 aliphatic heterocycles. The van der Waals surface area contributed by atoms with Crippen molar-refractivity contribution in [3.05, 3.63) is 38.9 Å². The summed E-state index contributed by atoms with van der Waals surface area (Å²) in [5, 5.41) is 13.6. The molecule has 1 aromatic carbocycles. The van der Waals surface area contributed by atoms with Gasteiger partial charge in [-0.1, -0.05) is 37.8 Å². The molecule has 0 aromatic heterocycles. The van der Waals surface area contributed by atoms with E-state index in [9.17, 15) is 14.9 Å². The predicted octanol–water partition coefficient (Wildman–Crippen LogP) is 3.56. The number of non-ortho nitro benzene ring substituents is 1. The minimum Gasteiger partial charge on any atom is -0.352 e. The Morgan fingerprint density at radius 3 is 2.74 bits per heavy atom. The lowest BCUT2D eigenvalue weighted by Gasteiger charge is -2.06. The van der Waals surface area contributed by atoms with E-state index in [4.69, 9.17) is 11.6 Å². The van der Waals surface area contributed by atoms with Gasteiger partial charge < -0.3 is 5.32 Å². The van der Waals surface area contributed by atoms with Crippen molar-refractivity contribution in [2.45, 2.75) is 32.6 Å². The quantitative estimate of drug-likeness (QED) is 0.473. The number of hydrogen-bond donors (Lipinski definition) is 1. The van der Waals surface area contributed by atoms with Gasteiger partial charge >= 0.3 is 0 Å². The zero-order valence-corrected chi connectivity index (χ0v) is 11.6. The molecule has 1 N–H and O–H groups in total. The number of carbonyl (C=O) groups is 1. The van der Waals surface area contributed by atoms with E-state index in [1.54, 1.807) is 0 Å². The van der Waals surface area contributed by atoms with Gasteiger partial charge in [0, 0.05) is 18.7 Å². The molecule has 19 heavy (non-hydrogen) atoms. The number of hydrogen-bond acceptors (Lipinski definition) is 3. The molecule has 0 aliphatic rings. The zero-order chi connectivity index (χ0) is 14.3. The van der Waals surface area contributed by atoms with Crippen LogP contribution >= 0.6 is 11.6 Å². The van der Waals surface area contributed by atoms with E-state index >= 15 is 0 Å². The van der Waals surface area contributed by atoms with Gasteiger partial charge in [-0.05, 0) is 12.5 Å². The molecule has 0 saturated carbocycles. The highest BCUT2D eigenvalue weighted by Crippen LogP contribution is 2.21. The number of nitrogens with zero attached hydrogens (tertiary/aromatic N) is 1. The van der Waals surface area contributed by atoms with Crippen LogP contribution in [0.15, 0.2) is 18.2 Å². The van der Waals surface area contributed by atoms with Gasteiger partial charge in [-0.3, -0.25) is 14.9 Å². The first-order valence-electron chi connectivity index (χ1n) is 6.28. The first-order chi connectivity index (χ1) is 9.06. The number of nitrogens with one attached hydrogen (secondary N) is 1. The average Bonchev–Trinajstić information content (AvgIpc) is 2.38. The van der Waals surface area contributed by atoms with Crippen LogP contribution in [0.3, 0.4) is 0 Å². The topological polar surface area (TPSA) is 72.2 Å². The fourth-order valence-electron chi connectivity index (χ4n) is 1.65. The molecule has 104 valence electrons. The molecule has 0 saturated heterocycles. The van der Waals surface area contributed by atoms with E-state index < -0.39 is 4.92 Å². The van der Waals surface area contributed by atoms with Gasteiger partial charge in [-0.2, -0.15) is 0 Å². The minimum absolute atomic E-state index is 0.138. The zero-order valence-electron chi connectivity index (χ0n) is 10.8. The Balaban J connectivity index is 2.61. The third kappa shape index (κ3) is 4.87. The van der Waals surface area contributed by atoms with Gasteiger partial charge in [0.2, 0.25) is 0 Å². The van der Waals surface area contributed by atoms with Crippen molar-refractivity contribution < 1.29 is 9.72 Å². The van der Waals surface area contributed by atoms with Crippen LogP contribution in [0.4, 0.5) is 5.69 Å². The van der Waals surface area contributed by atoms with Crippen molar-refractivity contribution in [1.29, 1.82) is 0 Å². The lowest BCUT2D eigenvalue weighted by molar-refractivity contribution is -0.384. The number of amides is 1. The molecule has 0 radical (unpaired) electrons. The predicted molar refractivity (Wildman–Crippen MR) is 74.6 cm³/mol. The van der Waals surface area contributed by atoms with E-state index in [0.29, 0.717) is 6.54 Å². The van der Waals surface area contributed by atoms with Crippen LogP contribution in [0, 0.1) is 10.1 Å². The van der Waals surface area contributed by atoms with Gasteiger partial charge in [0.05, 0.1) is 15.5 Å². The molecule has 0 spiro atoms. The molecule has 0 atom stereocenters. The number of halogens is 1. The first-order valence-corrected chi connectivity index (χ1v) is 6.66. The summed E-state index contributed by atoms with van der Waals surface area (Å²) in [6, 6.07) is 3.84. The van der Waals surface area contributed by atoms with E-state index in [-0.39, 0.29) is 22.2 Å². The molecule has 0 fully saturated rings. The standard InChI is InChI=1S/C13H17ClN2O3/c1-2-3-4-5-8-15-13(17)11-9-10(16(18)19)6-7-12(11)14/h6-7,9H,2-5,8H2,1H3,(H,15,17). The van der Waals surface area contributed by atoms with E-state index in [1.165, 1.54) is 18.2 Å². The summed E-state index contributed by atoms with van der Waals surface area (Å²) in [5.41, 5.74) is 0.00638. The number of carbonyl (C=O) groups excluding carboxylic acids is 1. The van der Waals surface area contributed by atoms with Crippen LogP contribution in [-0.4, -0.2) is 17.4 Å². The van der Waals surface area contributed by atoms with Crippen molar-refractivity contribution in [2.75, 3.05) is 6.54 Å². The monoisotopic (exact) mass is 284 g/mol. The largest absolute Gasteiger partial charge is 0.352 e. The van der Waals surface area contributed by atoms with Crippen molar-refractivity contribution >= 4 is 23.2 Å². The van der Waals surface area contributed by atoms with Crippen molar-refractivity contribution in [1.82, 2.24) is 5.32 Å². The third-order valence-corrected chi connectivity index (χ3v) is 3.05. The maximum Gasteiger partial charge on any atom is 0.270 e. The SMILES string of the molecule is CCCCCCNC(=O)c1cc([N+](=O)[O-])ccc1Cl. The highest BCUT2D eigenvalue weighted by Gasteiger charge is 2.15. The summed E-state index contributed by atoms with van der Waals surface area (Å²) in [7, 11) is 0. The molecule has 6 heteroatoms. The second kappa shape index (κ2) is 7.74. The van der Waals surface area contributed by atoms with Gasteiger partial charge in [-0.15, -0.1) is 0 Å². The van der Waals surface area contributed by atoms with Crippen LogP contribution < -0.4 is 5.32 Å². The number of unbranched alkanes of at least 4 members (excludes halogenated alkanes) is 3. The van der Waals surface area contributed by atoms with Crippen LogP contribution in [-0.2, 0) is 0 Å². The van der Waals surface area contributed by atoms with Crippen molar-refractivity contribution in [3.8, 4) is 0 Å². The fourth-order valence-corrected chi connectivity index (χ4v) is 1.85. The average molecular weight is 285 g/mol. The Kier molecular flexibility index (Phi) is 6.29. The summed E-state index contributed by atoms with van der Waals surface area (Å²) in [6.45, 7) is 2.67. The summed E-state index contributed by atoms with van der Waals surface area (Å²) >= 11 is 5.87. The summed E-state index contributed by atoms with van der Waals surface area (Å²) in [4.78, 5) is 22.0. The highest BCUT2D eigenvalue weighted by atomic mass is 35.5. The lowest BCUT2D eigenvalue weighted by Crippen LogP contribution is -2.24. The van der Waals surface area contributed by atoms with Crippen LogP contribution in [0.25, 0.3) is 0 Å². The Labute approximate surface area is 117 Å². The number of rotatable bonds is 7. The maximum atomic E-state index is 11.9. The number of nitro groups is 1. The molecule has 1 rings (SSSR count). The second-order valence-corrected chi connectivity index (χ2v) is 4.65. The molecule has 0 unspecified atom stereocenters. The van der Waals surface area contributed by atoms with E-state index in [1.807, 2.05) is 0 Å². The summed E-state index contributed by atoms with van der Waals surface area (Å²) < 4.78 is 0. The molecular formula is C13H17ClN2O3. The Bertz CT molecular complexity index is 463. The number of nitro benzene ring substituents is 1. The van der Waals surface area contributed by atoms with Gasteiger partial charge in [0.25, 0.3) is 11.6 Å². The van der Waals surface area contributed by atoms with Crippen LogP contribution in [0.1, 0.15) is 43.0 Å². The Morgan fingerprint density at radius 2 is 2.11 bits per heavy atom. The first kappa shape index (κ1) is 15.4. The molecule has 1 aromatic rings. The lowest BCUT2D eigenvalue weighted by atomic mass is 10.1.